The summed E-state index contributed by atoms with van der Waals surface area (Å²) in [5.74, 6) is -0.341. The average Bonchev–Trinajstić information content (AvgIpc) is 2.35. The van der Waals surface area contributed by atoms with Crippen LogP contribution in [0.1, 0.15) is 43.5 Å². The van der Waals surface area contributed by atoms with E-state index in [2.05, 4.69) is 12.2 Å². The summed E-state index contributed by atoms with van der Waals surface area (Å²) < 4.78 is 22.7. The van der Waals surface area contributed by atoms with Crippen molar-refractivity contribution in [3.05, 3.63) is 28.8 Å². The smallest absolute Gasteiger partial charge is 0.262 e. The van der Waals surface area contributed by atoms with Crippen LogP contribution in [0.25, 0.3) is 0 Å². The molecule has 0 aliphatic rings. The Morgan fingerprint density at radius 2 is 2.05 bits per heavy atom. The fourth-order valence-corrected chi connectivity index (χ4v) is 3.21. The maximum absolute atomic E-state index is 12.0. The van der Waals surface area contributed by atoms with Gasteiger partial charge in [0.05, 0.1) is 5.02 Å². The van der Waals surface area contributed by atoms with Gasteiger partial charge < -0.3 is 5.32 Å². The van der Waals surface area contributed by atoms with E-state index in [1.165, 1.54) is 18.2 Å². The third-order valence-electron chi connectivity index (χ3n) is 2.82. The van der Waals surface area contributed by atoms with E-state index in [1.54, 1.807) is 0 Å². The van der Waals surface area contributed by atoms with Crippen LogP contribution in [0.5, 0.6) is 0 Å². The molecule has 1 rings (SSSR count). The SMILES string of the molecule is CCCCC(C)NC(=O)c1ccc(Cl)c(S(=O)(=O)Cl)c1. The van der Waals surface area contributed by atoms with Crippen molar-refractivity contribution in [2.75, 3.05) is 0 Å². The highest BCUT2D eigenvalue weighted by Crippen LogP contribution is 2.25. The highest BCUT2D eigenvalue weighted by molar-refractivity contribution is 8.13. The molecular formula is C13H17Cl2NO3S. The second-order valence-electron chi connectivity index (χ2n) is 4.60. The molecule has 1 aromatic rings. The van der Waals surface area contributed by atoms with Crippen molar-refractivity contribution >= 4 is 37.2 Å². The van der Waals surface area contributed by atoms with E-state index in [-0.39, 0.29) is 27.4 Å². The number of nitrogens with one attached hydrogen (secondary N) is 1. The lowest BCUT2D eigenvalue weighted by atomic mass is 10.1. The molecule has 0 heterocycles. The van der Waals surface area contributed by atoms with Crippen LogP contribution in [-0.2, 0) is 9.05 Å². The molecule has 0 aromatic heterocycles. The summed E-state index contributed by atoms with van der Waals surface area (Å²) >= 11 is 5.76. The Balaban J connectivity index is 2.90. The summed E-state index contributed by atoms with van der Waals surface area (Å²) in [6.45, 7) is 3.98. The quantitative estimate of drug-likeness (QED) is 0.807. The van der Waals surface area contributed by atoms with Gasteiger partial charge in [-0.15, -0.1) is 0 Å². The molecular weight excluding hydrogens is 321 g/mol. The predicted molar refractivity (Wildman–Crippen MR) is 80.9 cm³/mol. The van der Waals surface area contributed by atoms with Crippen molar-refractivity contribution in [2.45, 2.75) is 44.0 Å². The van der Waals surface area contributed by atoms with Gasteiger partial charge in [0.1, 0.15) is 4.90 Å². The minimum absolute atomic E-state index is 0.00409. The van der Waals surface area contributed by atoms with Crippen LogP contribution < -0.4 is 5.32 Å². The van der Waals surface area contributed by atoms with Gasteiger partial charge in [-0.3, -0.25) is 4.79 Å². The van der Waals surface area contributed by atoms with Crippen LogP contribution in [0, 0.1) is 0 Å². The summed E-state index contributed by atoms with van der Waals surface area (Å²) in [4.78, 5) is 11.8. The Morgan fingerprint density at radius 1 is 1.40 bits per heavy atom. The van der Waals surface area contributed by atoms with E-state index in [0.717, 1.165) is 19.3 Å². The summed E-state index contributed by atoms with van der Waals surface area (Å²) in [5, 5.41) is 2.81. The van der Waals surface area contributed by atoms with Gasteiger partial charge in [-0.1, -0.05) is 31.4 Å². The fourth-order valence-electron chi connectivity index (χ4n) is 1.72. The molecule has 1 aromatic carbocycles. The lowest BCUT2D eigenvalue weighted by Crippen LogP contribution is -2.32. The van der Waals surface area contributed by atoms with Gasteiger partial charge in [0.15, 0.2) is 0 Å². The number of carbonyl (C=O) groups excluding carboxylic acids is 1. The van der Waals surface area contributed by atoms with Crippen LogP contribution in [0.3, 0.4) is 0 Å². The molecule has 0 bridgehead atoms. The molecule has 0 aliphatic heterocycles. The number of unbranched alkanes of at least 4 members (excludes halogenated alkanes) is 1. The number of amides is 1. The highest BCUT2D eigenvalue weighted by atomic mass is 35.7. The van der Waals surface area contributed by atoms with Gasteiger partial charge in [0.2, 0.25) is 0 Å². The topological polar surface area (TPSA) is 63.2 Å². The van der Waals surface area contributed by atoms with Crippen molar-refractivity contribution < 1.29 is 13.2 Å². The average molecular weight is 338 g/mol. The summed E-state index contributed by atoms with van der Waals surface area (Å²) in [5.41, 5.74) is 0.219. The molecule has 0 fully saturated rings. The van der Waals surface area contributed by atoms with Crippen molar-refractivity contribution in [1.29, 1.82) is 0 Å². The van der Waals surface area contributed by atoms with E-state index >= 15 is 0 Å². The highest BCUT2D eigenvalue weighted by Gasteiger charge is 2.18. The van der Waals surface area contributed by atoms with Crippen LogP contribution in [0.15, 0.2) is 23.1 Å². The minimum atomic E-state index is -3.97. The number of hydrogen-bond acceptors (Lipinski definition) is 3. The Morgan fingerprint density at radius 3 is 2.60 bits per heavy atom. The minimum Gasteiger partial charge on any atom is -0.350 e. The number of carbonyl (C=O) groups is 1. The third-order valence-corrected chi connectivity index (χ3v) is 4.63. The first-order chi connectivity index (χ1) is 9.25. The van der Waals surface area contributed by atoms with Crippen LogP contribution in [-0.4, -0.2) is 20.4 Å². The predicted octanol–water partition coefficient (Wildman–Crippen LogP) is 3.58. The fraction of sp³-hybridized carbons (Fsp3) is 0.462. The zero-order valence-corrected chi connectivity index (χ0v) is 13.6. The van der Waals surface area contributed by atoms with E-state index in [4.69, 9.17) is 22.3 Å². The second kappa shape index (κ2) is 7.29. The van der Waals surface area contributed by atoms with Crippen molar-refractivity contribution in [1.82, 2.24) is 5.32 Å². The molecule has 0 saturated carbocycles. The normalized spacial score (nSPS) is 13.0. The number of halogens is 2. The van der Waals surface area contributed by atoms with Gasteiger partial charge >= 0.3 is 0 Å². The Kier molecular flexibility index (Phi) is 6.30. The van der Waals surface area contributed by atoms with Crippen molar-refractivity contribution in [3.63, 3.8) is 0 Å². The van der Waals surface area contributed by atoms with Gasteiger partial charge in [-0.25, -0.2) is 8.42 Å². The molecule has 7 heteroatoms. The summed E-state index contributed by atoms with van der Waals surface area (Å²) in [6.07, 6.45) is 2.94. The van der Waals surface area contributed by atoms with Crippen LogP contribution >= 0.6 is 22.3 Å². The molecule has 1 unspecified atom stereocenters. The van der Waals surface area contributed by atoms with Crippen LogP contribution in [0.4, 0.5) is 0 Å². The maximum Gasteiger partial charge on any atom is 0.262 e. The van der Waals surface area contributed by atoms with Crippen molar-refractivity contribution in [2.24, 2.45) is 0 Å². The first-order valence-corrected chi connectivity index (χ1v) is 8.99. The Bertz CT molecular complexity index is 587. The molecule has 1 atom stereocenters. The molecule has 1 N–H and O–H groups in total. The van der Waals surface area contributed by atoms with E-state index in [9.17, 15) is 13.2 Å². The number of rotatable bonds is 6. The van der Waals surface area contributed by atoms with Gasteiger partial charge in [-0.05, 0) is 31.5 Å². The molecule has 0 spiro atoms. The Labute approximate surface area is 128 Å². The zero-order chi connectivity index (χ0) is 15.3. The standard InChI is InChI=1S/C13H17Cl2NO3S/c1-3-4-5-9(2)16-13(17)10-6-7-11(14)12(8-10)20(15,18)19/h6-9H,3-5H2,1-2H3,(H,16,17). The van der Waals surface area contributed by atoms with E-state index in [0.29, 0.717) is 0 Å². The summed E-state index contributed by atoms with van der Waals surface area (Å²) in [7, 11) is 1.30. The molecule has 1 amide bonds. The molecule has 20 heavy (non-hydrogen) atoms. The molecule has 0 aliphatic carbocycles. The number of benzene rings is 1. The largest absolute Gasteiger partial charge is 0.350 e. The zero-order valence-electron chi connectivity index (χ0n) is 11.3. The molecule has 4 nitrogen and oxygen atoms in total. The Hall–Kier alpha value is -0.780. The van der Waals surface area contributed by atoms with Crippen molar-refractivity contribution in [3.8, 4) is 0 Å². The second-order valence-corrected chi connectivity index (χ2v) is 7.54. The first kappa shape index (κ1) is 17.3. The monoisotopic (exact) mass is 337 g/mol. The van der Waals surface area contributed by atoms with E-state index < -0.39 is 9.05 Å². The van der Waals surface area contributed by atoms with Gasteiger partial charge in [-0.2, -0.15) is 0 Å². The third kappa shape index (κ3) is 4.96. The molecule has 0 radical (unpaired) electrons. The lowest BCUT2D eigenvalue weighted by Gasteiger charge is -2.13. The maximum atomic E-state index is 12.0. The van der Waals surface area contributed by atoms with Gasteiger partial charge in [0.25, 0.3) is 15.0 Å². The lowest BCUT2D eigenvalue weighted by molar-refractivity contribution is 0.0938. The first-order valence-electron chi connectivity index (χ1n) is 6.30. The van der Waals surface area contributed by atoms with Crippen LogP contribution in [0.2, 0.25) is 5.02 Å². The molecule has 112 valence electrons. The summed E-state index contributed by atoms with van der Waals surface area (Å²) in [6, 6.07) is 4.03. The number of hydrogen-bond donors (Lipinski definition) is 1. The van der Waals surface area contributed by atoms with E-state index in [1.807, 2.05) is 6.92 Å². The van der Waals surface area contributed by atoms with Gasteiger partial charge in [0, 0.05) is 22.3 Å². The molecule has 0 saturated heterocycles.